The minimum Gasteiger partial charge on any atom is -0.480 e. The van der Waals surface area contributed by atoms with Gasteiger partial charge in [-0.05, 0) is 38.3 Å². The number of carbonyl (C=O) groups is 2. The van der Waals surface area contributed by atoms with Crippen molar-refractivity contribution in [3.63, 3.8) is 0 Å². The molecule has 1 aliphatic heterocycles. The fourth-order valence-corrected chi connectivity index (χ4v) is 2.35. The van der Waals surface area contributed by atoms with E-state index in [1.165, 1.54) is 12.8 Å². The van der Waals surface area contributed by atoms with E-state index in [0.717, 1.165) is 19.6 Å². The van der Waals surface area contributed by atoms with E-state index >= 15 is 0 Å². The zero-order valence-electron chi connectivity index (χ0n) is 12.8. The van der Waals surface area contributed by atoms with Crippen molar-refractivity contribution in [3.05, 3.63) is 0 Å². The van der Waals surface area contributed by atoms with Crippen LogP contribution in [0.3, 0.4) is 0 Å². The molecule has 6 heteroatoms. The summed E-state index contributed by atoms with van der Waals surface area (Å²) in [5.41, 5.74) is 0. The van der Waals surface area contributed by atoms with E-state index < -0.39 is 12.0 Å². The molecule has 0 saturated carbocycles. The van der Waals surface area contributed by atoms with Crippen molar-refractivity contribution in [2.24, 2.45) is 5.92 Å². The smallest absolute Gasteiger partial charge is 0.326 e. The van der Waals surface area contributed by atoms with Crippen LogP contribution in [0.4, 0.5) is 4.79 Å². The van der Waals surface area contributed by atoms with Crippen LogP contribution in [0.15, 0.2) is 0 Å². The first-order valence-corrected chi connectivity index (χ1v) is 7.37. The van der Waals surface area contributed by atoms with Gasteiger partial charge < -0.3 is 20.2 Å². The summed E-state index contributed by atoms with van der Waals surface area (Å²) in [6.45, 7) is 7.56. The number of likely N-dealkylation sites (tertiary alicyclic amines) is 1. The second-order valence-electron chi connectivity index (χ2n) is 5.94. The molecule has 0 unspecified atom stereocenters. The van der Waals surface area contributed by atoms with Gasteiger partial charge in [-0.2, -0.15) is 0 Å². The van der Waals surface area contributed by atoms with E-state index in [-0.39, 0.29) is 11.9 Å². The highest BCUT2D eigenvalue weighted by molar-refractivity contribution is 5.82. The Hall–Kier alpha value is -1.30. The largest absolute Gasteiger partial charge is 0.480 e. The Morgan fingerprint density at radius 2 is 1.90 bits per heavy atom. The molecule has 0 spiro atoms. The molecule has 0 aromatic carbocycles. The van der Waals surface area contributed by atoms with Crippen molar-refractivity contribution in [2.45, 2.75) is 39.2 Å². The third kappa shape index (κ3) is 5.77. The van der Waals surface area contributed by atoms with Gasteiger partial charge in [-0.1, -0.05) is 13.8 Å². The normalized spacial score (nSPS) is 17.2. The first-order valence-electron chi connectivity index (χ1n) is 7.37. The molecule has 6 nitrogen and oxygen atoms in total. The number of amides is 2. The zero-order valence-corrected chi connectivity index (χ0v) is 12.8. The number of nitrogens with one attached hydrogen (secondary N) is 1. The fourth-order valence-electron chi connectivity index (χ4n) is 2.35. The molecule has 2 amide bonds. The maximum atomic E-state index is 12.0. The molecule has 0 radical (unpaired) electrons. The van der Waals surface area contributed by atoms with Gasteiger partial charge in [-0.15, -0.1) is 0 Å². The van der Waals surface area contributed by atoms with Crippen LogP contribution in [0.1, 0.15) is 33.1 Å². The molecular formula is C14H27N3O3. The lowest BCUT2D eigenvalue weighted by molar-refractivity contribution is -0.139. The molecule has 1 rings (SSSR count). The standard InChI is InChI=1S/C14H27N3O3/c1-11(2)10-12(13(18)19)15-14(20)16(3)8-9-17-6-4-5-7-17/h11-12H,4-10H2,1-3H3,(H,15,20)(H,18,19)/t12-/m0/s1. The zero-order chi connectivity index (χ0) is 15.1. The summed E-state index contributed by atoms with van der Waals surface area (Å²) in [7, 11) is 1.71. The van der Waals surface area contributed by atoms with E-state index in [1.807, 2.05) is 13.8 Å². The number of carboxylic acid groups (broad SMARTS) is 1. The summed E-state index contributed by atoms with van der Waals surface area (Å²) in [5.74, 6) is -0.744. The Bertz CT molecular complexity index is 328. The third-order valence-corrected chi connectivity index (χ3v) is 3.60. The van der Waals surface area contributed by atoms with E-state index in [1.54, 1.807) is 11.9 Å². The number of aliphatic carboxylic acids is 1. The van der Waals surface area contributed by atoms with Gasteiger partial charge in [-0.3, -0.25) is 0 Å². The van der Waals surface area contributed by atoms with Crippen molar-refractivity contribution in [1.29, 1.82) is 0 Å². The van der Waals surface area contributed by atoms with Crippen LogP contribution in [0, 0.1) is 5.92 Å². The van der Waals surface area contributed by atoms with Crippen LogP contribution in [0.2, 0.25) is 0 Å². The molecule has 0 bridgehead atoms. The van der Waals surface area contributed by atoms with Crippen molar-refractivity contribution in [3.8, 4) is 0 Å². The van der Waals surface area contributed by atoms with Crippen LogP contribution in [-0.4, -0.2) is 66.2 Å². The van der Waals surface area contributed by atoms with Crippen molar-refractivity contribution >= 4 is 12.0 Å². The molecule has 1 saturated heterocycles. The summed E-state index contributed by atoms with van der Waals surface area (Å²) in [6.07, 6.45) is 2.90. The van der Waals surface area contributed by atoms with Crippen LogP contribution in [0.5, 0.6) is 0 Å². The number of nitrogens with zero attached hydrogens (tertiary/aromatic N) is 2. The van der Waals surface area contributed by atoms with Crippen LogP contribution in [0.25, 0.3) is 0 Å². The maximum Gasteiger partial charge on any atom is 0.326 e. The predicted octanol–water partition coefficient (Wildman–Crippen LogP) is 1.22. The highest BCUT2D eigenvalue weighted by atomic mass is 16.4. The first kappa shape index (κ1) is 16.8. The minimum absolute atomic E-state index is 0.228. The second-order valence-corrected chi connectivity index (χ2v) is 5.94. The molecule has 1 aliphatic rings. The highest BCUT2D eigenvalue weighted by Gasteiger charge is 2.23. The predicted molar refractivity (Wildman–Crippen MR) is 77.7 cm³/mol. The van der Waals surface area contributed by atoms with Gasteiger partial charge in [0.15, 0.2) is 0 Å². The SMILES string of the molecule is CC(C)C[C@H](NC(=O)N(C)CCN1CCCC1)C(=O)O. The molecule has 0 aromatic heterocycles. The van der Waals surface area contributed by atoms with Gasteiger partial charge in [0.1, 0.15) is 6.04 Å². The summed E-state index contributed by atoms with van der Waals surface area (Å²) < 4.78 is 0. The Labute approximate surface area is 121 Å². The maximum absolute atomic E-state index is 12.0. The van der Waals surface area contributed by atoms with Gasteiger partial charge in [0.05, 0.1) is 0 Å². The van der Waals surface area contributed by atoms with Gasteiger partial charge in [0.2, 0.25) is 0 Å². The average molecular weight is 285 g/mol. The molecule has 2 N–H and O–H groups in total. The topological polar surface area (TPSA) is 72.9 Å². The Morgan fingerprint density at radius 3 is 2.40 bits per heavy atom. The number of urea groups is 1. The van der Waals surface area contributed by atoms with Gasteiger partial charge in [0.25, 0.3) is 0 Å². The summed E-state index contributed by atoms with van der Waals surface area (Å²) in [6, 6.07) is -1.12. The van der Waals surface area contributed by atoms with E-state index in [9.17, 15) is 9.59 Å². The Kier molecular flexibility index (Phi) is 6.78. The molecule has 0 aromatic rings. The monoisotopic (exact) mass is 285 g/mol. The first-order chi connectivity index (χ1) is 9.40. The molecule has 1 atom stereocenters. The van der Waals surface area contributed by atoms with Crippen molar-refractivity contribution in [1.82, 2.24) is 15.1 Å². The Balaban J connectivity index is 2.36. The quantitative estimate of drug-likeness (QED) is 0.738. The lowest BCUT2D eigenvalue weighted by Crippen LogP contribution is -2.48. The summed E-state index contributed by atoms with van der Waals surface area (Å²) in [5, 5.41) is 11.7. The van der Waals surface area contributed by atoms with Crippen LogP contribution >= 0.6 is 0 Å². The van der Waals surface area contributed by atoms with E-state index in [4.69, 9.17) is 5.11 Å². The third-order valence-electron chi connectivity index (χ3n) is 3.60. The van der Waals surface area contributed by atoms with E-state index in [0.29, 0.717) is 13.0 Å². The number of rotatable bonds is 7. The summed E-state index contributed by atoms with van der Waals surface area (Å²) in [4.78, 5) is 27.0. The average Bonchev–Trinajstić information content (AvgIpc) is 2.87. The number of carbonyl (C=O) groups excluding carboxylic acids is 1. The number of hydrogen-bond donors (Lipinski definition) is 2. The molecule has 0 aliphatic carbocycles. The number of hydrogen-bond acceptors (Lipinski definition) is 3. The van der Waals surface area contributed by atoms with E-state index in [2.05, 4.69) is 10.2 Å². The van der Waals surface area contributed by atoms with Crippen LogP contribution in [-0.2, 0) is 4.79 Å². The van der Waals surface area contributed by atoms with Crippen molar-refractivity contribution in [2.75, 3.05) is 33.2 Å². The number of likely N-dealkylation sites (N-methyl/N-ethyl adjacent to an activating group) is 1. The molecule has 1 heterocycles. The molecule has 20 heavy (non-hydrogen) atoms. The van der Waals surface area contributed by atoms with Crippen molar-refractivity contribution < 1.29 is 14.7 Å². The molecule has 116 valence electrons. The summed E-state index contributed by atoms with van der Waals surface area (Å²) >= 11 is 0. The highest BCUT2D eigenvalue weighted by Crippen LogP contribution is 2.07. The second kappa shape index (κ2) is 8.09. The minimum atomic E-state index is -0.972. The van der Waals surface area contributed by atoms with Crippen LogP contribution < -0.4 is 5.32 Å². The lowest BCUT2D eigenvalue weighted by Gasteiger charge is -2.24. The molecule has 1 fully saturated rings. The number of carboxylic acids is 1. The van der Waals surface area contributed by atoms with Gasteiger partial charge in [0, 0.05) is 20.1 Å². The van der Waals surface area contributed by atoms with Gasteiger partial charge >= 0.3 is 12.0 Å². The molecular weight excluding hydrogens is 258 g/mol. The van der Waals surface area contributed by atoms with Gasteiger partial charge in [-0.25, -0.2) is 9.59 Å². The Morgan fingerprint density at radius 1 is 1.30 bits per heavy atom. The lowest BCUT2D eigenvalue weighted by atomic mass is 10.0. The fraction of sp³-hybridized carbons (Fsp3) is 0.857.